The number of amidine groups is 1. The molecule has 0 aromatic heterocycles. The predicted octanol–water partition coefficient (Wildman–Crippen LogP) is 3.32. The molecule has 3 amide bonds. The van der Waals surface area contributed by atoms with Crippen molar-refractivity contribution in [3.05, 3.63) is 53.6 Å². The topological polar surface area (TPSA) is 131 Å². The molecule has 2 aromatic carbocycles. The summed E-state index contributed by atoms with van der Waals surface area (Å²) in [7, 11) is 1.64. The summed E-state index contributed by atoms with van der Waals surface area (Å²) in [5, 5.41) is 2.47. The Bertz CT molecular complexity index is 1280. The van der Waals surface area contributed by atoms with E-state index in [4.69, 9.17) is 10.5 Å². The molecule has 2 aromatic rings. The number of rotatable bonds is 11. The number of carbonyl (C=O) groups is 4. The molecule has 0 radical (unpaired) electrons. The fraction of sp³-hybridized carbons (Fsp3) is 0.393. The van der Waals surface area contributed by atoms with Gasteiger partial charge in [-0.3, -0.25) is 29.1 Å². The van der Waals surface area contributed by atoms with Gasteiger partial charge in [-0.25, -0.2) is 0 Å². The van der Waals surface area contributed by atoms with E-state index in [1.54, 1.807) is 7.05 Å². The van der Waals surface area contributed by atoms with E-state index in [0.717, 1.165) is 28.7 Å². The summed E-state index contributed by atoms with van der Waals surface area (Å²) >= 11 is 1.45. The lowest BCUT2D eigenvalue weighted by Crippen LogP contribution is -2.34. The van der Waals surface area contributed by atoms with Gasteiger partial charge in [-0.15, -0.1) is 11.8 Å². The van der Waals surface area contributed by atoms with Gasteiger partial charge in [0, 0.05) is 51.4 Å². The molecule has 2 atom stereocenters. The molecule has 0 bridgehead atoms. The van der Waals surface area contributed by atoms with Crippen LogP contribution in [0.5, 0.6) is 0 Å². The number of anilines is 1. The molecule has 1 aliphatic carbocycles. The van der Waals surface area contributed by atoms with E-state index in [1.165, 1.54) is 23.6 Å². The second-order valence-corrected chi connectivity index (χ2v) is 10.6. The molecule has 1 fully saturated rings. The number of hydrogen-bond donors (Lipinski definition) is 2. The fourth-order valence-electron chi connectivity index (χ4n) is 4.81. The van der Waals surface area contributed by atoms with Crippen molar-refractivity contribution >= 4 is 47.0 Å². The largest absolute Gasteiger partial charge is 0.465 e. The smallest absolute Gasteiger partial charge is 0.302 e. The zero-order valence-corrected chi connectivity index (χ0v) is 22.4. The van der Waals surface area contributed by atoms with Gasteiger partial charge < -0.3 is 15.8 Å². The molecule has 1 aliphatic heterocycles. The normalized spacial score (nSPS) is 18.4. The Morgan fingerprint density at radius 2 is 1.89 bits per heavy atom. The van der Waals surface area contributed by atoms with Crippen molar-refractivity contribution in [1.82, 2.24) is 4.90 Å². The highest BCUT2D eigenvalue weighted by Crippen LogP contribution is 2.45. The highest BCUT2D eigenvalue weighted by molar-refractivity contribution is 8.00. The summed E-state index contributed by atoms with van der Waals surface area (Å²) in [5.41, 5.74) is 10.4. The van der Waals surface area contributed by atoms with Gasteiger partial charge in [0.25, 0.3) is 0 Å². The quantitative estimate of drug-likeness (QED) is 0.148. The minimum atomic E-state index is -0.415. The van der Waals surface area contributed by atoms with Gasteiger partial charge in [-0.05, 0) is 46.6 Å². The van der Waals surface area contributed by atoms with Crippen molar-refractivity contribution in [2.24, 2.45) is 10.7 Å². The zero-order chi connectivity index (χ0) is 27.2. The van der Waals surface area contributed by atoms with Crippen LogP contribution in [-0.2, 0) is 23.9 Å². The maximum absolute atomic E-state index is 12.7. The molecular weight excluding hydrogens is 504 g/mol. The minimum Gasteiger partial charge on any atom is -0.465 e. The first-order valence-corrected chi connectivity index (χ1v) is 13.7. The number of ether oxygens (including phenoxy) is 1. The van der Waals surface area contributed by atoms with Crippen molar-refractivity contribution in [2.75, 3.05) is 31.3 Å². The number of benzene rings is 2. The van der Waals surface area contributed by atoms with E-state index >= 15 is 0 Å². The lowest BCUT2D eigenvalue weighted by Gasteiger charge is -2.15. The van der Waals surface area contributed by atoms with Crippen molar-refractivity contribution in [1.29, 1.82) is 0 Å². The Balaban J connectivity index is 1.33. The number of imide groups is 1. The summed E-state index contributed by atoms with van der Waals surface area (Å²) < 4.78 is 5.30. The van der Waals surface area contributed by atoms with Crippen molar-refractivity contribution in [2.45, 2.75) is 43.8 Å². The van der Waals surface area contributed by atoms with Crippen LogP contribution in [0.3, 0.4) is 0 Å². The van der Waals surface area contributed by atoms with Gasteiger partial charge in [-0.2, -0.15) is 0 Å². The van der Waals surface area contributed by atoms with Crippen LogP contribution in [0.4, 0.5) is 5.69 Å². The fourth-order valence-corrected chi connectivity index (χ4v) is 5.94. The third-order valence-corrected chi connectivity index (χ3v) is 8.04. The number of likely N-dealkylation sites (tertiary alicyclic amines) is 1. The summed E-state index contributed by atoms with van der Waals surface area (Å²) in [6.07, 6.45) is 1.61. The molecule has 4 rings (SSSR count). The number of nitrogens with one attached hydrogen (secondary N) is 1. The van der Waals surface area contributed by atoms with Crippen LogP contribution in [0.1, 0.15) is 49.7 Å². The lowest BCUT2D eigenvalue weighted by molar-refractivity contribution is -0.141. The average molecular weight is 537 g/mol. The molecule has 3 N–H and O–H groups in total. The lowest BCUT2D eigenvalue weighted by atomic mass is 9.98. The second kappa shape index (κ2) is 12.3. The Hall–Kier alpha value is -3.66. The minimum absolute atomic E-state index is 0.0150. The first kappa shape index (κ1) is 27.4. The number of thioether (sulfide) groups is 1. The molecule has 2 unspecified atom stereocenters. The van der Waals surface area contributed by atoms with Crippen LogP contribution >= 0.6 is 11.8 Å². The van der Waals surface area contributed by atoms with E-state index < -0.39 is 5.25 Å². The zero-order valence-electron chi connectivity index (χ0n) is 21.6. The summed E-state index contributed by atoms with van der Waals surface area (Å²) in [4.78, 5) is 54.3. The highest BCUT2D eigenvalue weighted by atomic mass is 32.2. The third kappa shape index (κ3) is 6.24. The van der Waals surface area contributed by atoms with Gasteiger partial charge in [0.05, 0.1) is 11.1 Å². The first-order chi connectivity index (χ1) is 18.3. The van der Waals surface area contributed by atoms with Crippen LogP contribution in [-0.4, -0.2) is 65.6 Å². The molecular formula is C28H32N4O5S. The molecule has 0 spiro atoms. The van der Waals surface area contributed by atoms with E-state index in [9.17, 15) is 19.2 Å². The summed E-state index contributed by atoms with van der Waals surface area (Å²) in [5.74, 6) is 0.120. The molecule has 200 valence electrons. The SMILES string of the molecule is CN=C(N)CCCSC1CC(=O)N(CCC(=O)Nc2ccc3c(c2)-c2ccccc2C3COC(C)=O)C1=O. The molecule has 38 heavy (non-hydrogen) atoms. The maximum Gasteiger partial charge on any atom is 0.302 e. The Kier molecular flexibility index (Phi) is 8.83. The summed E-state index contributed by atoms with van der Waals surface area (Å²) in [6.45, 7) is 1.70. The number of amides is 3. The van der Waals surface area contributed by atoms with Crippen molar-refractivity contribution in [3.63, 3.8) is 0 Å². The van der Waals surface area contributed by atoms with Crippen LogP contribution in [0.15, 0.2) is 47.5 Å². The van der Waals surface area contributed by atoms with Gasteiger partial charge >= 0.3 is 5.97 Å². The van der Waals surface area contributed by atoms with Crippen molar-refractivity contribution < 1.29 is 23.9 Å². The Morgan fingerprint density at radius 3 is 2.66 bits per heavy atom. The number of carbonyl (C=O) groups excluding carboxylic acids is 4. The Morgan fingerprint density at radius 1 is 1.13 bits per heavy atom. The van der Waals surface area contributed by atoms with E-state index in [1.807, 2.05) is 42.5 Å². The Labute approximate surface area is 226 Å². The number of nitrogens with two attached hydrogens (primary N) is 1. The number of nitrogens with zero attached hydrogens (tertiary/aromatic N) is 2. The first-order valence-electron chi connectivity index (χ1n) is 12.6. The average Bonchev–Trinajstić information content (AvgIpc) is 3.36. The molecule has 10 heteroatoms. The van der Waals surface area contributed by atoms with E-state index in [2.05, 4.69) is 10.3 Å². The standard InChI is InChI=1S/C28H32N4O5S/c1-17(33)37-16-23-20-7-4-3-6-19(20)22-14-18(9-10-21(22)23)31-26(34)11-12-32-27(35)15-24(28(32)36)38-13-5-8-25(29)30-2/h3-4,6-7,9-10,14,23-24H,5,8,11-13,15-16H2,1-2H3,(H2,29,30)(H,31,34). The van der Waals surface area contributed by atoms with E-state index in [-0.39, 0.29) is 55.6 Å². The molecule has 0 saturated carbocycles. The summed E-state index contributed by atoms with van der Waals surface area (Å²) in [6, 6.07) is 13.6. The number of fused-ring (bicyclic) bond motifs is 3. The van der Waals surface area contributed by atoms with Crippen LogP contribution in [0.2, 0.25) is 0 Å². The number of aliphatic imine (C=N–C) groups is 1. The van der Waals surface area contributed by atoms with Crippen molar-refractivity contribution in [3.8, 4) is 11.1 Å². The highest BCUT2D eigenvalue weighted by Gasteiger charge is 2.38. The number of hydrogen-bond acceptors (Lipinski definition) is 7. The van der Waals surface area contributed by atoms with Gasteiger partial charge in [0.15, 0.2) is 0 Å². The van der Waals surface area contributed by atoms with Gasteiger partial charge in [-0.1, -0.05) is 30.3 Å². The van der Waals surface area contributed by atoms with Crippen LogP contribution in [0, 0.1) is 0 Å². The van der Waals surface area contributed by atoms with Crippen LogP contribution < -0.4 is 11.1 Å². The predicted molar refractivity (Wildman–Crippen MR) is 148 cm³/mol. The van der Waals surface area contributed by atoms with Gasteiger partial charge in [0.1, 0.15) is 6.61 Å². The molecule has 2 aliphatic rings. The monoisotopic (exact) mass is 536 g/mol. The van der Waals surface area contributed by atoms with E-state index in [0.29, 0.717) is 23.7 Å². The second-order valence-electron chi connectivity index (χ2n) is 9.31. The van der Waals surface area contributed by atoms with Gasteiger partial charge in [0.2, 0.25) is 17.7 Å². The third-order valence-electron chi connectivity index (χ3n) is 6.74. The molecule has 9 nitrogen and oxygen atoms in total. The molecule has 1 heterocycles. The molecule has 1 saturated heterocycles. The maximum atomic E-state index is 12.7. The van der Waals surface area contributed by atoms with Crippen LogP contribution in [0.25, 0.3) is 11.1 Å². The number of esters is 1.